The van der Waals surface area contributed by atoms with Crippen molar-refractivity contribution in [2.45, 2.75) is 19.3 Å². The molecule has 0 radical (unpaired) electrons. The molecule has 102 valence electrons. The van der Waals surface area contributed by atoms with Crippen molar-refractivity contribution in [1.29, 1.82) is 5.26 Å². The first kappa shape index (κ1) is 14.3. The summed E-state index contributed by atoms with van der Waals surface area (Å²) in [4.78, 5) is 15.0. The predicted octanol–water partition coefficient (Wildman–Crippen LogP) is 3.61. The third kappa shape index (κ3) is 3.46. The molecule has 2 rings (SSSR count). The van der Waals surface area contributed by atoms with E-state index in [0.717, 1.165) is 12.8 Å². The third-order valence-electron chi connectivity index (χ3n) is 3.15. The molecule has 4 heteroatoms. The Morgan fingerprint density at radius 1 is 1.30 bits per heavy atom. The van der Waals surface area contributed by atoms with Crippen molar-refractivity contribution >= 4 is 22.9 Å². The molecule has 0 aliphatic carbocycles. The zero-order valence-corrected chi connectivity index (χ0v) is 12.2. The van der Waals surface area contributed by atoms with Crippen LogP contribution in [0.1, 0.15) is 23.3 Å². The number of para-hydroxylation sites is 1. The molecule has 1 amide bonds. The first-order chi connectivity index (χ1) is 9.72. The summed E-state index contributed by atoms with van der Waals surface area (Å²) in [6.45, 7) is 0. The fourth-order valence-electron chi connectivity index (χ4n) is 2.03. The van der Waals surface area contributed by atoms with E-state index in [1.165, 1.54) is 4.88 Å². The highest BCUT2D eigenvalue weighted by Crippen LogP contribution is 2.19. The fraction of sp³-hybridized carbons (Fsp3) is 0.250. The second kappa shape index (κ2) is 6.88. The maximum Gasteiger partial charge on any atom is 0.226 e. The van der Waals surface area contributed by atoms with Crippen LogP contribution >= 0.6 is 11.3 Å². The Kier molecular flexibility index (Phi) is 4.91. The minimum Gasteiger partial charge on any atom is -0.314 e. The van der Waals surface area contributed by atoms with Gasteiger partial charge in [0.25, 0.3) is 0 Å². The van der Waals surface area contributed by atoms with Crippen LogP contribution in [0.2, 0.25) is 0 Å². The molecular weight excluding hydrogens is 268 g/mol. The molecule has 0 fully saturated rings. The zero-order valence-electron chi connectivity index (χ0n) is 11.4. The summed E-state index contributed by atoms with van der Waals surface area (Å²) >= 11 is 1.72. The molecule has 3 nitrogen and oxygen atoms in total. The van der Waals surface area contributed by atoms with Gasteiger partial charge in [0.2, 0.25) is 5.91 Å². The number of hydrogen-bond acceptors (Lipinski definition) is 3. The van der Waals surface area contributed by atoms with Crippen molar-refractivity contribution in [3.8, 4) is 6.07 Å². The summed E-state index contributed by atoms with van der Waals surface area (Å²) in [7, 11) is 1.73. The number of carbonyl (C=O) groups is 1. The summed E-state index contributed by atoms with van der Waals surface area (Å²) in [6.07, 6.45) is 2.25. The minimum absolute atomic E-state index is 0.0456. The molecule has 1 aromatic heterocycles. The van der Waals surface area contributed by atoms with Gasteiger partial charge in [0, 0.05) is 18.3 Å². The summed E-state index contributed by atoms with van der Waals surface area (Å²) in [5.74, 6) is 0.0456. The zero-order chi connectivity index (χ0) is 14.4. The van der Waals surface area contributed by atoms with E-state index in [9.17, 15) is 4.79 Å². The van der Waals surface area contributed by atoms with Crippen molar-refractivity contribution in [2.24, 2.45) is 0 Å². The van der Waals surface area contributed by atoms with Crippen molar-refractivity contribution in [2.75, 3.05) is 11.9 Å². The first-order valence-corrected chi connectivity index (χ1v) is 7.38. The lowest BCUT2D eigenvalue weighted by atomic mass is 10.1. The number of amides is 1. The SMILES string of the molecule is CN(C(=O)CCCc1cccs1)c1ccccc1C#N. The van der Waals surface area contributed by atoms with Crippen molar-refractivity contribution in [3.63, 3.8) is 0 Å². The molecule has 0 N–H and O–H groups in total. The van der Waals surface area contributed by atoms with Crippen molar-refractivity contribution in [3.05, 3.63) is 52.2 Å². The molecule has 0 unspecified atom stereocenters. The van der Waals surface area contributed by atoms with Gasteiger partial charge in [0.15, 0.2) is 0 Å². The van der Waals surface area contributed by atoms with Gasteiger partial charge in [-0.2, -0.15) is 5.26 Å². The molecule has 0 atom stereocenters. The number of anilines is 1. The van der Waals surface area contributed by atoms with Gasteiger partial charge in [0.1, 0.15) is 6.07 Å². The second-order valence-corrected chi connectivity index (χ2v) is 5.55. The van der Waals surface area contributed by atoms with Gasteiger partial charge >= 0.3 is 0 Å². The van der Waals surface area contributed by atoms with Crippen LogP contribution in [0.5, 0.6) is 0 Å². The normalized spacial score (nSPS) is 10.0. The van der Waals surface area contributed by atoms with Crippen LogP contribution in [0.3, 0.4) is 0 Å². The summed E-state index contributed by atoms with van der Waals surface area (Å²) in [6, 6.07) is 13.4. The molecule has 0 spiro atoms. The second-order valence-electron chi connectivity index (χ2n) is 4.51. The monoisotopic (exact) mass is 284 g/mol. The Morgan fingerprint density at radius 2 is 2.10 bits per heavy atom. The molecule has 0 aliphatic rings. The van der Waals surface area contributed by atoms with E-state index >= 15 is 0 Å². The van der Waals surface area contributed by atoms with Gasteiger partial charge < -0.3 is 4.90 Å². The van der Waals surface area contributed by atoms with Gasteiger partial charge in [-0.25, -0.2) is 0 Å². The van der Waals surface area contributed by atoms with E-state index in [-0.39, 0.29) is 5.91 Å². The summed E-state index contributed by atoms with van der Waals surface area (Å²) in [5.41, 5.74) is 1.21. The van der Waals surface area contributed by atoms with Gasteiger partial charge in [-0.15, -0.1) is 11.3 Å². The number of rotatable bonds is 5. The van der Waals surface area contributed by atoms with E-state index in [1.54, 1.807) is 41.5 Å². The number of aryl methyl sites for hydroxylation is 1. The lowest BCUT2D eigenvalue weighted by Crippen LogP contribution is -2.26. The van der Waals surface area contributed by atoms with E-state index in [4.69, 9.17) is 5.26 Å². The van der Waals surface area contributed by atoms with E-state index in [0.29, 0.717) is 17.7 Å². The first-order valence-electron chi connectivity index (χ1n) is 6.50. The quantitative estimate of drug-likeness (QED) is 0.842. The van der Waals surface area contributed by atoms with E-state index in [1.807, 2.05) is 17.5 Å². The van der Waals surface area contributed by atoms with Crippen LogP contribution < -0.4 is 4.90 Å². The maximum atomic E-state index is 12.2. The van der Waals surface area contributed by atoms with Crippen LogP contribution in [0.25, 0.3) is 0 Å². The van der Waals surface area contributed by atoms with Crippen LogP contribution in [-0.4, -0.2) is 13.0 Å². The lowest BCUT2D eigenvalue weighted by Gasteiger charge is -2.18. The highest BCUT2D eigenvalue weighted by Gasteiger charge is 2.13. The summed E-state index contributed by atoms with van der Waals surface area (Å²) < 4.78 is 0. The van der Waals surface area contributed by atoms with Crippen LogP contribution in [0, 0.1) is 11.3 Å². The van der Waals surface area contributed by atoms with Gasteiger partial charge in [-0.3, -0.25) is 4.79 Å². The van der Waals surface area contributed by atoms with Gasteiger partial charge in [0.05, 0.1) is 11.3 Å². The molecule has 0 aliphatic heterocycles. The van der Waals surface area contributed by atoms with Crippen LogP contribution in [0.15, 0.2) is 41.8 Å². The highest BCUT2D eigenvalue weighted by atomic mass is 32.1. The average molecular weight is 284 g/mol. The lowest BCUT2D eigenvalue weighted by molar-refractivity contribution is -0.118. The van der Waals surface area contributed by atoms with Crippen molar-refractivity contribution < 1.29 is 4.79 Å². The number of nitriles is 1. The molecule has 1 heterocycles. The van der Waals surface area contributed by atoms with E-state index in [2.05, 4.69) is 12.1 Å². The van der Waals surface area contributed by atoms with Crippen LogP contribution in [0.4, 0.5) is 5.69 Å². The van der Waals surface area contributed by atoms with Gasteiger partial charge in [-0.1, -0.05) is 18.2 Å². The molecule has 2 aromatic rings. The number of carbonyl (C=O) groups excluding carboxylic acids is 1. The van der Waals surface area contributed by atoms with Crippen LogP contribution in [-0.2, 0) is 11.2 Å². The molecule has 1 aromatic carbocycles. The molecule has 0 saturated carbocycles. The standard InChI is InChI=1S/C16H16N2OS/c1-18(15-9-3-2-6-13(15)12-17)16(19)10-4-7-14-8-5-11-20-14/h2-3,5-6,8-9,11H,4,7,10H2,1H3. The molecular formula is C16H16N2OS. The number of benzene rings is 1. The van der Waals surface area contributed by atoms with Crippen molar-refractivity contribution in [1.82, 2.24) is 0 Å². The largest absolute Gasteiger partial charge is 0.314 e. The topological polar surface area (TPSA) is 44.1 Å². The summed E-state index contributed by atoms with van der Waals surface area (Å²) in [5, 5.41) is 11.1. The van der Waals surface area contributed by atoms with E-state index < -0.39 is 0 Å². The number of thiophene rings is 1. The Balaban J connectivity index is 1.93. The Hall–Kier alpha value is -2.12. The molecule has 0 saturated heterocycles. The number of nitrogens with zero attached hydrogens (tertiary/aromatic N) is 2. The minimum atomic E-state index is 0.0456. The Bertz CT molecular complexity index is 614. The average Bonchev–Trinajstić information content (AvgIpc) is 2.99. The smallest absolute Gasteiger partial charge is 0.226 e. The Morgan fingerprint density at radius 3 is 2.80 bits per heavy atom. The molecule has 0 bridgehead atoms. The maximum absolute atomic E-state index is 12.2. The highest BCUT2D eigenvalue weighted by molar-refractivity contribution is 7.09. The van der Waals surface area contributed by atoms with Gasteiger partial charge in [-0.05, 0) is 36.4 Å². The third-order valence-corrected chi connectivity index (χ3v) is 4.09. The predicted molar refractivity (Wildman–Crippen MR) is 81.8 cm³/mol. The Labute approximate surface area is 123 Å². The number of hydrogen-bond donors (Lipinski definition) is 0. The molecule has 20 heavy (non-hydrogen) atoms. The fourth-order valence-corrected chi connectivity index (χ4v) is 2.78.